The van der Waals surface area contributed by atoms with E-state index in [-0.39, 0.29) is 30.5 Å². The Morgan fingerprint density at radius 1 is 0.944 bits per heavy atom. The highest BCUT2D eigenvalue weighted by Gasteiger charge is 2.31. The number of benzene rings is 3. The molecular weight excluding hydrogens is 454 g/mol. The van der Waals surface area contributed by atoms with Gasteiger partial charge in [-0.3, -0.25) is 19.7 Å². The summed E-state index contributed by atoms with van der Waals surface area (Å²) >= 11 is 0. The molecule has 1 unspecified atom stereocenters. The Kier molecular flexibility index (Phi) is 9.74. The van der Waals surface area contributed by atoms with Crippen LogP contribution in [0.15, 0.2) is 78.9 Å². The van der Waals surface area contributed by atoms with Crippen LogP contribution >= 0.6 is 0 Å². The third-order valence-corrected chi connectivity index (χ3v) is 6.10. The molecule has 3 rings (SSSR count). The van der Waals surface area contributed by atoms with Crippen LogP contribution in [0.3, 0.4) is 0 Å². The van der Waals surface area contributed by atoms with Gasteiger partial charge in [0, 0.05) is 31.1 Å². The Labute approximate surface area is 212 Å². The third-order valence-electron chi connectivity index (χ3n) is 6.10. The summed E-state index contributed by atoms with van der Waals surface area (Å²) < 4.78 is 0. The van der Waals surface area contributed by atoms with Gasteiger partial charge in [0.25, 0.3) is 5.69 Å². The van der Waals surface area contributed by atoms with E-state index in [1.807, 2.05) is 68.4 Å². The summed E-state index contributed by atoms with van der Waals surface area (Å²) in [4.78, 5) is 39.8. The van der Waals surface area contributed by atoms with Crippen LogP contribution in [-0.2, 0) is 29.0 Å². The molecule has 0 radical (unpaired) electrons. The van der Waals surface area contributed by atoms with E-state index in [0.29, 0.717) is 18.5 Å². The van der Waals surface area contributed by atoms with Crippen LogP contribution in [0.2, 0.25) is 0 Å². The van der Waals surface area contributed by atoms with E-state index >= 15 is 0 Å². The first kappa shape index (κ1) is 26.6. The molecule has 2 amide bonds. The van der Waals surface area contributed by atoms with Gasteiger partial charge in [0.15, 0.2) is 0 Å². The highest BCUT2D eigenvalue weighted by molar-refractivity contribution is 5.89. The number of nitrogens with zero attached hydrogens (tertiary/aromatic N) is 2. The van der Waals surface area contributed by atoms with E-state index < -0.39 is 11.0 Å². The van der Waals surface area contributed by atoms with Crippen molar-refractivity contribution >= 4 is 17.5 Å². The number of amides is 2. The lowest BCUT2D eigenvalue weighted by molar-refractivity contribution is -0.385. The van der Waals surface area contributed by atoms with Crippen molar-refractivity contribution in [3.63, 3.8) is 0 Å². The molecule has 1 N–H and O–H groups in total. The van der Waals surface area contributed by atoms with Gasteiger partial charge in [-0.2, -0.15) is 0 Å². The topological polar surface area (TPSA) is 92.6 Å². The maximum Gasteiger partial charge on any atom is 0.273 e. The molecule has 0 aromatic heterocycles. The number of hydrogen-bond donors (Lipinski definition) is 1. The largest absolute Gasteiger partial charge is 0.354 e. The smallest absolute Gasteiger partial charge is 0.273 e. The summed E-state index contributed by atoms with van der Waals surface area (Å²) in [5.74, 6) is -0.563. The molecule has 3 aromatic rings. The molecule has 0 aliphatic carbocycles. The maximum absolute atomic E-state index is 13.7. The number of hydrogen-bond acceptors (Lipinski definition) is 4. The van der Waals surface area contributed by atoms with Gasteiger partial charge in [0.05, 0.1) is 11.3 Å². The molecule has 3 aromatic carbocycles. The van der Waals surface area contributed by atoms with Crippen molar-refractivity contribution in [1.29, 1.82) is 0 Å². The first-order valence-corrected chi connectivity index (χ1v) is 12.3. The maximum atomic E-state index is 13.7. The van der Waals surface area contributed by atoms with Crippen LogP contribution in [0.4, 0.5) is 5.69 Å². The summed E-state index contributed by atoms with van der Waals surface area (Å²) in [6, 6.07) is 22.9. The predicted octanol–water partition coefficient (Wildman–Crippen LogP) is 5.00. The van der Waals surface area contributed by atoms with Gasteiger partial charge in [-0.25, -0.2) is 0 Å². The van der Waals surface area contributed by atoms with Crippen LogP contribution in [0.1, 0.15) is 42.0 Å². The van der Waals surface area contributed by atoms with Crippen molar-refractivity contribution in [2.75, 3.05) is 6.54 Å². The average molecular weight is 488 g/mol. The molecular formula is C29H33N3O4. The zero-order valence-electron chi connectivity index (χ0n) is 20.9. The van der Waals surface area contributed by atoms with Gasteiger partial charge in [-0.1, -0.05) is 91.7 Å². The normalized spacial score (nSPS) is 11.5. The van der Waals surface area contributed by atoms with Gasteiger partial charge in [-0.15, -0.1) is 0 Å². The van der Waals surface area contributed by atoms with Crippen molar-refractivity contribution in [3.8, 4) is 0 Å². The van der Waals surface area contributed by atoms with Crippen molar-refractivity contribution in [2.24, 2.45) is 0 Å². The van der Waals surface area contributed by atoms with Crippen molar-refractivity contribution in [1.82, 2.24) is 10.2 Å². The van der Waals surface area contributed by atoms with Crippen LogP contribution < -0.4 is 5.32 Å². The molecule has 0 heterocycles. The monoisotopic (exact) mass is 487 g/mol. The highest BCUT2D eigenvalue weighted by Crippen LogP contribution is 2.22. The Balaban J connectivity index is 1.98. The molecule has 0 saturated heterocycles. The van der Waals surface area contributed by atoms with Crippen LogP contribution in [0.5, 0.6) is 0 Å². The van der Waals surface area contributed by atoms with Crippen LogP contribution in [0, 0.1) is 17.0 Å². The quantitative estimate of drug-likeness (QED) is 0.221. The Bertz CT molecular complexity index is 1160. The van der Waals surface area contributed by atoms with Crippen molar-refractivity contribution < 1.29 is 14.5 Å². The van der Waals surface area contributed by atoms with E-state index in [1.165, 1.54) is 6.07 Å². The number of carbonyl (C=O) groups excluding carboxylic acids is 2. The second-order valence-corrected chi connectivity index (χ2v) is 8.92. The van der Waals surface area contributed by atoms with E-state index in [2.05, 4.69) is 5.32 Å². The lowest BCUT2D eigenvalue weighted by atomic mass is 10.0. The summed E-state index contributed by atoms with van der Waals surface area (Å²) in [7, 11) is 0. The van der Waals surface area contributed by atoms with E-state index in [9.17, 15) is 19.7 Å². The number of carbonyl (C=O) groups is 2. The molecule has 7 nitrogen and oxygen atoms in total. The fourth-order valence-corrected chi connectivity index (χ4v) is 4.05. The number of rotatable bonds is 12. The van der Waals surface area contributed by atoms with Gasteiger partial charge < -0.3 is 10.2 Å². The molecule has 0 aliphatic heterocycles. The third kappa shape index (κ3) is 7.50. The fourth-order valence-electron chi connectivity index (χ4n) is 4.05. The van der Waals surface area contributed by atoms with Crippen LogP contribution in [0.25, 0.3) is 0 Å². The number of aryl methyl sites for hydroxylation is 1. The Morgan fingerprint density at radius 3 is 2.28 bits per heavy atom. The predicted molar refractivity (Wildman–Crippen MR) is 140 cm³/mol. The SMILES string of the molecule is CCCCNC(=O)C(Cc1ccccc1)N(Cc1ccc(C)cc1)C(=O)Cc1ccccc1[N+](=O)[O-]. The Morgan fingerprint density at radius 2 is 1.61 bits per heavy atom. The number of para-hydroxylation sites is 1. The van der Waals surface area contributed by atoms with Gasteiger partial charge in [-0.05, 0) is 24.5 Å². The molecule has 1 atom stereocenters. The number of nitrogens with one attached hydrogen (secondary N) is 1. The average Bonchev–Trinajstić information content (AvgIpc) is 2.88. The lowest BCUT2D eigenvalue weighted by Gasteiger charge is -2.31. The molecule has 0 spiro atoms. The second-order valence-electron chi connectivity index (χ2n) is 8.92. The number of unbranched alkanes of at least 4 members (excludes halogenated alkanes) is 1. The summed E-state index contributed by atoms with van der Waals surface area (Å²) in [5, 5.41) is 14.5. The van der Waals surface area contributed by atoms with Crippen LogP contribution in [-0.4, -0.2) is 34.2 Å². The standard InChI is InChI=1S/C29H33N3O4/c1-3-4-18-30-29(34)27(19-23-10-6-5-7-11-23)31(21-24-16-14-22(2)15-17-24)28(33)20-25-12-8-9-13-26(25)32(35)36/h5-17,27H,3-4,18-21H2,1-2H3,(H,30,34). The minimum absolute atomic E-state index is 0.104. The van der Waals surface area contributed by atoms with E-state index in [0.717, 1.165) is 29.5 Å². The zero-order chi connectivity index (χ0) is 25.9. The lowest BCUT2D eigenvalue weighted by Crippen LogP contribution is -2.51. The summed E-state index contributed by atoms with van der Waals surface area (Å²) in [6.07, 6.45) is 1.95. The van der Waals surface area contributed by atoms with Gasteiger partial charge >= 0.3 is 0 Å². The van der Waals surface area contributed by atoms with Gasteiger partial charge in [0.2, 0.25) is 11.8 Å². The first-order chi connectivity index (χ1) is 17.4. The fraction of sp³-hybridized carbons (Fsp3) is 0.310. The Hall–Kier alpha value is -4.00. The van der Waals surface area contributed by atoms with Gasteiger partial charge in [0.1, 0.15) is 6.04 Å². The molecule has 36 heavy (non-hydrogen) atoms. The molecule has 0 fully saturated rings. The second kappa shape index (κ2) is 13.2. The highest BCUT2D eigenvalue weighted by atomic mass is 16.6. The number of nitro benzene ring substituents is 1. The molecule has 188 valence electrons. The molecule has 0 aliphatic rings. The summed E-state index contributed by atoms with van der Waals surface area (Å²) in [5.41, 5.74) is 3.13. The molecule has 0 bridgehead atoms. The minimum Gasteiger partial charge on any atom is -0.354 e. The van der Waals surface area contributed by atoms with Crippen molar-refractivity contribution in [2.45, 2.75) is 52.1 Å². The van der Waals surface area contributed by atoms with Crippen molar-refractivity contribution in [3.05, 3.63) is 111 Å². The van der Waals surface area contributed by atoms with E-state index in [1.54, 1.807) is 23.1 Å². The molecule has 0 saturated carbocycles. The first-order valence-electron chi connectivity index (χ1n) is 12.3. The summed E-state index contributed by atoms with van der Waals surface area (Å²) in [6.45, 7) is 4.78. The zero-order valence-corrected chi connectivity index (χ0v) is 20.9. The molecule has 7 heteroatoms. The van der Waals surface area contributed by atoms with E-state index in [4.69, 9.17) is 0 Å². The number of nitro groups is 1. The minimum atomic E-state index is -0.763.